The summed E-state index contributed by atoms with van der Waals surface area (Å²) in [5.41, 5.74) is 1.55. The van der Waals surface area contributed by atoms with Crippen molar-refractivity contribution >= 4 is 22.2 Å². The van der Waals surface area contributed by atoms with Gasteiger partial charge < -0.3 is 4.90 Å². The fourth-order valence-electron chi connectivity index (χ4n) is 1.35. The second-order valence-electron chi connectivity index (χ2n) is 3.00. The number of thiazole rings is 1. The van der Waals surface area contributed by atoms with E-state index in [0.717, 1.165) is 10.8 Å². The lowest BCUT2D eigenvalue weighted by atomic mass is 10.2. The molecule has 1 aromatic heterocycles. The molecule has 0 amide bonds. The number of para-hydroxylation sites is 1. The standard InChI is InChI=1S/C11H9N3S/c1-14(11-13-6-7-15-11)10-5-3-2-4-9(10)8-12/h2-7H,1H3. The van der Waals surface area contributed by atoms with E-state index in [9.17, 15) is 0 Å². The Bertz CT molecular complexity index is 485. The molecule has 0 spiro atoms. The van der Waals surface area contributed by atoms with Crippen LogP contribution < -0.4 is 4.90 Å². The molecule has 0 aliphatic carbocycles. The highest BCUT2D eigenvalue weighted by Crippen LogP contribution is 2.27. The van der Waals surface area contributed by atoms with Crippen molar-refractivity contribution in [2.24, 2.45) is 0 Å². The Labute approximate surface area is 92.2 Å². The SMILES string of the molecule is CN(c1nccs1)c1ccccc1C#N. The van der Waals surface area contributed by atoms with Gasteiger partial charge in [-0.05, 0) is 12.1 Å². The smallest absolute Gasteiger partial charge is 0.189 e. The molecule has 3 nitrogen and oxygen atoms in total. The Morgan fingerprint density at radius 2 is 2.20 bits per heavy atom. The number of hydrogen-bond acceptors (Lipinski definition) is 4. The van der Waals surface area contributed by atoms with Crippen molar-refractivity contribution in [3.8, 4) is 6.07 Å². The average molecular weight is 215 g/mol. The van der Waals surface area contributed by atoms with Crippen LogP contribution in [0.5, 0.6) is 0 Å². The van der Waals surface area contributed by atoms with Crippen LogP contribution in [-0.4, -0.2) is 12.0 Å². The first-order valence-electron chi connectivity index (χ1n) is 4.45. The summed E-state index contributed by atoms with van der Waals surface area (Å²) in [6.45, 7) is 0. The maximum absolute atomic E-state index is 8.97. The van der Waals surface area contributed by atoms with Crippen molar-refractivity contribution in [3.05, 3.63) is 41.4 Å². The highest BCUT2D eigenvalue weighted by Gasteiger charge is 2.09. The highest BCUT2D eigenvalue weighted by molar-refractivity contribution is 7.13. The quantitative estimate of drug-likeness (QED) is 0.773. The molecule has 1 heterocycles. The summed E-state index contributed by atoms with van der Waals surface area (Å²) >= 11 is 1.55. The van der Waals surface area contributed by atoms with Crippen LogP contribution in [0.1, 0.15) is 5.56 Å². The van der Waals surface area contributed by atoms with Crippen LogP contribution in [0.3, 0.4) is 0 Å². The third-order valence-electron chi connectivity index (χ3n) is 2.09. The Morgan fingerprint density at radius 1 is 1.40 bits per heavy atom. The minimum Gasteiger partial charge on any atom is -0.320 e. The van der Waals surface area contributed by atoms with Crippen molar-refractivity contribution in [1.82, 2.24) is 4.98 Å². The Balaban J connectivity index is 2.42. The number of nitrogens with zero attached hydrogens (tertiary/aromatic N) is 3. The fraction of sp³-hybridized carbons (Fsp3) is 0.0909. The summed E-state index contributed by atoms with van der Waals surface area (Å²) in [5, 5.41) is 11.8. The zero-order valence-electron chi connectivity index (χ0n) is 8.21. The lowest BCUT2D eigenvalue weighted by Crippen LogP contribution is -2.10. The van der Waals surface area contributed by atoms with Gasteiger partial charge in [0.1, 0.15) is 6.07 Å². The zero-order chi connectivity index (χ0) is 10.7. The van der Waals surface area contributed by atoms with Gasteiger partial charge in [0, 0.05) is 18.6 Å². The van der Waals surface area contributed by atoms with Crippen LogP contribution in [0.25, 0.3) is 0 Å². The molecule has 0 saturated carbocycles. The summed E-state index contributed by atoms with van der Waals surface area (Å²) in [5.74, 6) is 0. The van der Waals surface area contributed by atoms with E-state index >= 15 is 0 Å². The molecule has 74 valence electrons. The Hall–Kier alpha value is -1.86. The van der Waals surface area contributed by atoms with E-state index in [2.05, 4.69) is 11.1 Å². The van der Waals surface area contributed by atoms with E-state index in [1.165, 1.54) is 0 Å². The van der Waals surface area contributed by atoms with Crippen molar-refractivity contribution in [2.45, 2.75) is 0 Å². The van der Waals surface area contributed by atoms with Gasteiger partial charge in [-0.2, -0.15) is 5.26 Å². The van der Waals surface area contributed by atoms with Gasteiger partial charge in [0.15, 0.2) is 5.13 Å². The van der Waals surface area contributed by atoms with Gasteiger partial charge in [0.25, 0.3) is 0 Å². The van der Waals surface area contributed by atoms with Crippen molar-refractivity contribution in [2.75, 3.05) is 11.9 Å². The normalized spacial score (nSPS) is 9.60. The first kappa shape index (κ1) is 9.69. The summed E-state index contributed by atoms with van der Waals surface area (Å²) in [6.07, 6.45) is 1.76. The van der Waals surface area contributed by atoms with Crippen LogP contribution in [0.2, 0.25) is 0 Å². The van der Waals surface area contributed by atoms with Gasteiger partial charge in [-0.1, -0.05) is 12.1 Å². The van der Waals surface area contributed by atoms with Crippen molar-refractivity contribution in [1.29, 1.82) is 5.26 Å². The zero-order valence-corrected chi connectivity index (χ0v) is 9.03. The second-order valence-corrected chi connectivity index (χ2v) is 3.88. The molecule has 0 aliphatic rings. The van der Waals surface area contributed by atoms with Crippen molar-refractivity contribution < 1.29 is 0 Å². The predicted molar refractivity (Wildman–Crippen MR) is 61.3 cm³/mol. The van der Waals surface area contributed by atoms with E-state index < -0.39 is 0 Å². The van der Waals surface area contributed by atoms with Crippen LogP contribution in [-0.2, 0) is 0 Å². The molecular weight excluding hydrogens is 206 g/mol. The second kappa shape index (κ2) is 4.11. The largest absolute Gasteiger partial charge is 0.320 e. The van der Waals surface area contributed by atoms with E-state index in [1.54, 1.807) is 23.6 Å². The van der Waals surface area contributed by atoms with Gasteiger partial charge in [-0.15, -0.1) is 11.3 Å². The molecule has 15 heavy (non-hydrogen) atoms. The molecule has 0 bridgehead atoms. The summed E-state index contributed by atoms with van der Waals surface area (Å²) in [7, 11) is 1.91. The number of hydrogen-bond donors (Lipinski definition) is 0. The van der Waals surface area contributed by atoms with Gasteiger partial charge >= 0.3 is 0 Å². The number of nitriles is 1. The molecule has 2 rings (SSSR count). The minimum absolute atomic E-state index is 0.662. The molecule has 0 unspecified atom stereocenters. The fourth-order valence-corrected chi connectivity index (χ4v) is 1.97. The van der Waals surface area contributed by atoms with E-state index in [1.807, 2.05) is 35.5 Å². The van der Waals surface area contributed by atoms with E-state index in [0.29, 0.717) is 5.56 Å². The lowest BCUT2D eigenvalue weighted by molar-refractivity contribution is 1.16. The maximum atomic E-state index is 8.97. The molecule has 0 radical (unpaired) electrons. The predicted octanol–water partition coefficient (Wildman–Crippen LogP) is 2.78. The molecule has 1 aromatic carbocycles. The van der Waals surface area contributed by atoms with Gasteiger partial charge in [0.05, 0.1) is 11.3 Å². The number of anilines is 2. The maximum Gasteiger partial charge on any atom is 0.189 e. The van der Waals surface area contributed by atoms with Gasteiger partial charge in [-0.25, -0.2) is 4.98 Å². The monoisotopic (exact) mass is 215 g/mol. The van der Waals surface area contributed by atoms with Gasteiger partial charge in [-0.3, -0.25) is 0 Å². The molecule has 0 aliphatic heterocycles. The number of rotatable bonds is 2. The third kappa shape index (κ3) is 1.83. The molecular formula is C11H9N3S. The first-order valence-corrected chi connectivity index (χ1v) is 5.33. The van der Waals surface area contributed by atoms with E-state index in [4.69, 9.17) is 5.26 Å². The molecule has 4 heteroatoms. The Morgan fingerprint density at radius 3 is 2.87 bits per heavy atom. The molecule has 0 fully saturated rings. The number of benzene rings is 1. The topological polar surface area (TPSA) is 39.9 Å². The van der Waals surface area contributed by atoms with Crippen LogP contribution in [0, 0.1) is 11.3 Å². The Kier molecular flexibility index (Phi) is 2.66. The minimum atomic E-state index is 0.662. The highest BCUT2D eigenvalue weighted by atomic mass is 32.1. The van der Waals surface area contributed by atoms with Crippen LogP contribution in [0.4, 0.5) is 10.8 Å². The lowest BCUT2D eigenvalue weighted by Gasteiger charge is -2.16. The average Bonchev–Trinajstić information content (AvgIpc) is 2.81. The third-order valence-corrected chi connectivity index (χ3v) is 2.94. The van der Waals surface area contributed by atoms with Crippen molar-refractivity contribution in [3.63, 3.8) is 0 Å². The molecule has 2 aromatic rings. The molecule has 0 N–H and O–H groups in total. The summed E-state index contributed by atoms with van der Waals surface area (Å²) < 4.78 is 0. The van der Waals surface area contributed by atoms with Crippen LogP contribution in [0.15, 0.2) is 35.8 Å². The summed E-state index contributed by atoms with van der Waals surface area (Å²) in [4.78, 5) is 6.12. The summed E-state index contributed by atoms with van der Waals surface area (Å²) in [6, 6.07) is 9.67. The first-order chi connectivity index (χ1) is 7.33. The molecule has 0 saturated heterocycles. The molecule has 0 atom stereocenters. The van der Waals surface area contributed by atoms with Crippen LogP contribution >= 0.6 is 11.3 Å². The van der Waals surface area contributed by atoms with E-state index in [-0.39, 0.29) is 0 Å². The van der Waals surface area contributed by atoms with Gasteiger partial charge in [0.2, 0.25) is 0 Å². The number of aromatic nitrogens is 1.